The van der Waals surface area contributed by atoms with Gasteiger partial charge in [-0.05, 0) is 120 Å². The molecule has 5 rings (SSSR count). The van der Waals surface area contributed by atoms with Crippen LogP contribution in [0, 0.1) is 20.0 Å². The van der Waals surface area contributed by atoms with Gasteiger partial charge in [-0.3, -0.25) is 9.78 Å². The first-order chi connectivity index (χ1) is 23.2. The van der Waals surface area contributed by atoms with Gasteiger partial charge >= 0.3 is 6.18 Å². The molecule has 0 radical (unpaired) electrons. The maximum Gasteiger partial charge on any atom is 0.434 e. The highest BCUT2D eigenvalue weighted by atomic mass is 127. The number of phenols is 1. The lowest BCUT2D eigenvalue weighted by atomic mass is 9.81. The number of rotatable bonds is 11. The van der Waals surface area contributed by atoms with Crippen molar-refractivity contribution < 1.29 is 47.5 Å². The molecule has 2 aromatic carbocycles. The highest BCUT2D eigenvalue weighted by Gasteiger charge is 2.40. The number of carbonyl (C=O) groups is 1. The third-order valence-electron chi connectivity index (χ3n) is 8.71. The number of hydrogen-bond acceptors (Lipinski definition) is 11. The van der Waals surface area contributed by atoms with Crippen molar-refractivity contribution in [2.75, 3.05) is 18.5 Å². The average Bonchev–Trinajstić information content (AvgIpc) is 3.06. The monoisotopic (exact) mass is 912 g/mol. The number of nitrogens with zero attached hydrogens (tertiary/aromatic N) is 2. The Morgan fingerprint density at radius 2 is 1.84 bits per heavy atom. The highest BCUT2D eigenvalue weighted by molar-refractivity contribution is 14.1. The third kappa shape index (κ3) is 9.70. The van der Waals surface area contributed by atoms with Crippen LogP contribution >= 0.6 is 45.2 Å². The molecule has 1 saturated carbocycles. The molecular weight excluding hydrogens is 875 g/mol. The predicted molar refractivity (Wildman–Crippen MR) is 189 cm³/mol. The fourth-order valence-electron chi connectivity index (χ4n) is 6.04. The molecule has 49 heavy (non-hydrogen) atoms. The summed E-state index contributed by atoms with van der Waals surface area (Å²) in [5.41, 5.74) is 7.06. The number of benzene rings is 2. The van der Waals surface area contributed by atoms with E-state index in [1.54, 1.807) is 18.2 Å². The topological polar surface area (TPSA) is 169 Å². The Balaban J connectivity index is 1.06. The second-order valence-corrected chi connectivity index (χ2v) is 14.7. The number of ketones is 1. The number of alkyl halides is 3. The van der Waals surface area contributed by atoms with Crippen LogP contribution in [0.2, 0.25) is 0 Å². The molecule has 0 spiro atoms. The lowest BCUT2D eigenvalue weighted by Crippen LogP contribution is -2.57. The van der Waals surface area contributed by atoms with Crippen LogP contribution in [0.5, 0.6) is 17.2 Å². The van der Waals surface area contributed by atoms with Crippen molar-refractivity contribution in [3.05, 3.63) is 66.7 Å². The van der Waals surface area contributed by atoms with E-state index in [9.17, 15) is 33.3 Å². The summed E-state index contributed by atoms with van der Waals surface area (Å²) in [6.45, 7) is 1.83. The summed E-state index contributed by atoms with van der Waals surface area (Å²) in [6.07, 6.45) is -3.88. The van der Waals surface area contributed by atoms with Crippen molar-refractivity contribution in [3.8, 4) is 17.2 Å². The standard InChI is InChI=1S/C33H37F3I2N4O7/c1-16-8-17(9-22(38)32(16)49-20-6-7-25(43)21(37)11-20)10-23(39)29(44)18-2-4-19(5-3-18)47-15-26-31(46)30(45)24(14-48-26)41-28-13-40-12-27(42-28)33(34,35)36/h6-9,11-13,18-19,23-24,26,30-31,43,45-46H,2-5,10,14-15,39H2,1H3,(H,41,42)/t18?,19?,23?,24-,26+,30+,31-/m0/s1. The number of nitrogens with two attached hydrogens (primary N) is 1. The third-order valence-corrected chi connectivity index (χ3v) is 10.4. The van der Waals surface area contributed by atoms with E-state index in [1.807, 2.05) is 41.6 Å². The Hall–Kier alpha value is -2.36. The zero-order valence-electron chi connectivity index (χ0n) is 26.4. The van der Waals surface area contributed by atoms with Crippen LogP contribution in [-0.2, 0) is 26.9 Å². The minimum absolute atomic E-state index is 0.000773. The number of aliphatic hydroxyl groups excluding tert-OH is 2. The van der Waals surface area contributed by atoms with Crippen LogP contribution in [0.15, 0.2) is 42.7 Å². The molecular formula is C33H37F3I2N4O7. The fraction of sp³-hybridized carbons (Fsp3) is 0.485. The molecule has 1 saturated heterocycles. The number of nitrogens with one attached hydrogen (secondary N) is 1. The molecule has 2 aliphatic rings. The van der Waals surface area contributed by atoms with Crippen molar-refractivity contribution >= 4 is 56.8 Å². The maximum atomic E-state index is 13.3. The van der Waals surface area contributed by atoms with E-state index in [-0.39, 0.29) is 42.6 Å². The van der Waals surface area contributed by atoms with Crippen molar-refractivity contribution in [1.82, 2.24) is 9.97 Å². The SMILES string of the molecule is Cc1cc(CC(N)C(=O)C2CCC(OC[C@H]3OC[C@H](Nc4cncc(C(F)(F)F)n4)[C@@H](O)[C@H]3O)CC2)cc(I)c1Oc1ccc(O)c(I)c1. The minimum atomic E-state index is -4.68. The lowest BCUT2D eigenvalue weighted by Gasteiger charge is -2.39. The van der Waals surface area contributed by atoms with Gasteiger partial charge in [-0.1, -0.05) is 6.07 Å². The molecule has 16 heteroatoms. The largest absolute Gasteiger partial charge is 0.507 e. The molecule has 1 aliphatic heterocycles. The number of carbonyl (C=O) groups excluding carboxylic acids is 1. The van der Waals surface area contributed by atoms with Crippen LogP contribution in [0.25, 0.3) is 0 Å². The summed E-state index contributed by atoms with van der Waals surface area (Å²) in [4.78, 5) is 20.3. The highest BCUT2D eigenvalue weighted by Crippen LogP contribution is 2.35. The van der Waals surface area contributed by atoms with Gasteiger partial charge < -0.3 is 40.6 Å². The zero-order valence-corrected chi connectivity index (χ0v) is 30.7. The molecule has 1 unspecified atom stereocenters. The molecule has 2 heterocycles. The second kappa shape index (κ2) is 16.3. The Morgan fingerprint density at radius 3 is 2.51 bits per heavy atom. The summed E-state index contributed by atoms with van der Waals surface area (Å²) in [5.74, 6) is 1.10. The summed E-state index contributed by atoms with van der Waals surface area (Å²) in [6, 6.07) is 7.39. The van der Waals surface area contributed by atoms with Crippen LogP contribution in [-0.4, -0.2) is 80.8 Å². The smallest absolute Gasteiger partial charge is 0.434 e. The lowest BCUT2D eigenvalue weighted by molar-refractivity contribution is -0.168. The number of hydrogen-bond donors (Lipinski definition) is 5. The van der Waals surface area contributed by atoms with Gasteiger partial charge in [0.25, 0.3) is 0 Å². The van der Waals surface area contributed by atoms with E-state index in [0.29, 0.717) is 53.4 Å². The first-order valence-electron chi connectivity index (χ1n) is 15.7. The van der Waals surface area contributed by atoms with Gasteiger partial charge in [0.1, 0.15) is 41.4 Å². The number of aromatic hydroxyl groups is 1. The average molecular weight is 912 g/mol. The van der Waals surface area contributed by atoms with Crippen LogP contribution in [0.4, 0.5) is 19.0 Å². The molecule has 5 atom stereocenters. The van der Waals surface area contributed by atoms with E-state index < -0.39 is 42.3 Å². The molecule has 0 amide bonds. The number of aliphatic hydroxyl groups is 2. The number of phenolic OH excluding ortho intramolecular Hbond substituents is 1. The molecule has 266 valence electrons. The molecule has 1 aromatic heterocycles. The van der Waals surface area contributed by atoms with Gasteiger partial charge in [-0.15, -0.1) is 0 Å². The fourth-order valence-corrected chi connectivity index (χ4v) is 7.46. The van der Waals surface area contributed by atoms with Crippen LogP contribution in [0.1, 0.15) is 42.5 Å². The first kappa shape index (κ1) is 37.9. The molecule has 3 aromatic rings. The van der Waals surface area contributed by atoms with E-state index in [4.69, 9.17) is 19.9 Å². The van der Waals surface area contributed by atoms with Gasteiger partial charge in [0.05, 0.1) is 50.9 Å². The van der Waals surface area contributed by atoms with Gasteiger partial charge in [-0.2, -0.15) is 13.2 Å². The number of aryl methyl sites for hydroxylation is 1. The normalized spacial score (nSPS) is 25.1. The Kier molecular flexibility index (Phi) is 12.6. The number of Topliss-reactive ketones (excluding diaryl/α,β-unsaturated/α-hetero) is 1. The van der Waals surface area contributed by atoms with E-state index in [2.05, 4.69) is 37.9 Å². The van der Waals surface area contributed by atoms with Crippen molar-refractivity contribution in [3.63, 3.8) is 0 Å². The van der Waals surface area contributed by atoms with Gasteiger partial charge in [-0.25, -0.2) is 4.98 Å². The molecule has 11 nitrogen and oxygen atoms in total. The number of halogens is 5. The van der Waals surface area contributed by atoms with Crippen LogP contribution in [0.3, 0.4) is 0 Å². The van der Waals surface area contributed by atoms with Crippen molar-refractivity contribution in [2.45, 2.75) is 81.7 Å². The summed E-state index contributed by atoms with van der Waals surface area (Å²) in [7, 11) is 0. The number of ether oxygens (including phenoxy) is 3. The molecule has 1 aliphatic carbocycles. The zero-order chi connectivity index (χ0) is 35.5. The van der Waals surface area contributed by atoms with Gasteiger partial charge in [0, 0.05) is 5.92 Å². The molecule has 6 N–H and O–H groups in total. The van der Waals surface area contributed by atoms with E-state index >= 15 is 0 Å². The Labute approximate surface area is 308 Å². The van der Waals surface area contributed by atoms with Crippen molar-refractivity contribution in [1.29, 1.82) is 0 Å². The second-order valence-electron chi connectivity index (χ2n) is 12.4. The van der Waals surface area contributed by atoms with Gasteiger partial charge in [0.15, 0.2) is 11.5 Å². The minimum Gasteiger partial charge on any atom is -0.507 e. The first-order valence-corrected chi connectivity index (χ1v) is 17.8. The number of anilines is 1. The number of aromatic nitrogens is 2. The maximum absolute atomic E-state index is 13.3. The predicted octanol–water partition coefficient (Wildman–Crippen LogP) is 5.13. The molecule has 2 fully saturated rings. The quantitative estimate of drug-likeness (QED) is 0.162. The van der Waals surface area contributed by atoms with Crippen LogP contribution < -0.4 is 15.8 Å². The summed E-state index contributed by atoms with van der Waals surface area (Å²) in [5, 5.41) is 33.7. The van der Waals surface area contributed by atoms with E-state index in [0.717, 1.165) is 20.9 Å². The summed E-state index contributed by atoms with van der Waals surface area (Å²) < 4.78 is 58.2. The Morgan fingerprint density at radius 1 is 1.10 bits per heavy atom. The molecule has 0 bridgehead atoms. The van der Waals surface area contributed by atoms with E-state index in [1.165, 1.54) is 0 Å². The van der Waals surface area contributed by atoms with Gasteiger partial charge in [0.2, 0.25) is 0 Å². The van der Waals surface area contributed by atoms with Crippen molar-refractivity contribution in [2.24, 2.45) is 11.7 Å². The Bertz CT molecular complexity index is 1600. The summed E-state index contributed by atoms with van der Waals surface area (Å²) >= 11 is 4.24.